The number of rotatable bonds is 4. The zero-order valence-corrected chi connectivity index (χ0v) is 9.58. The molecule has 0 fully saturated rings. The lowest BCUT2D eigenvalue weighted by molar-refractivity contribution is 0.475. The molecule has 17 heavy (non-hydrogen) atoms. The molecule has 0 aliphatic rings. The second-order valence-electron chi connectivity index (χ2n) is 4.16. The van der Waals surface area contributed by atoms with E-state index >= 15 is 0 Å². The Morgan fingerprint density at radius 2 is 1.82 bits per heavy atom. The summed E-state index contributed by atoms with van der Waals surface area (Å²) < 4.78 is 0. The number of aromatic nitrogens is 1. The van der Waals surface area contributed by atoms with Crippen molar-refractivity contribution in [1.29, 1.82) is 0 Å². The summed E-state index contributed by atoms with van der Waals surface area (Å²) in [6.07, 6.45) is 3.33. The van der Waals surface area contributed by atoms with Gasteiger partial charge in [-0.1, -0.05) is 18.2 Å². The molecule has 1 atom stereocenters. The quantitative estimate of drug-likeness (QED) is 0.840. The highest BCUT2D eigenvalue weighted by molar-refractivity contribution is 5.26. The van der Waals surface area contributed by atoms with Crippen molar-refractivity contribution in [1.82, 2.24) is 4.98 Å². The molecule has 0 saturated carbocycles. The Balaban J connectivity index is 1.93. The topological polar surface area (TPSA) is 59.1 Å². The monoisotopic (exact) mass is 228 g/mol. The van der Waals surface area contributed by atoms with Gasteiger partial charge in [0.25, 0.3) is 0 Å². The van der Waals surface area contributed by atoms with Crippen LogP contribution in [0.25, 0.3) is 0 Å². The summed E-state index contributed by atoms with van der Waals surface area (Å²) in [6, 6.07) is 13.1. The van der Waals surface area contributed by atoms with E-state index in [-0.39, 0.29) is 11.8 Å². The molecule has 0 radical (unpaired) electrons. The average Bonchev–Trinajstić information content (AvgIpc) is 2.33. The van der Waals surface area contributed by atoms with Crippen LogP contribution < -0.4 is 5.73 Å². The molecule has 0 aliphatic carbocycles. The van der Waals surface area contributed by atoms with E-state index in [2.05, 4.69) is 4.98 Å². The second-order valence-corrected chi connectivity index (χ2v) is 4.16. The zero-order chi connectivity index (χ0) is 12.1. The Labute approximate surface area is 101 Å². The number of nitrogens with two attached hydrogens (primary N) is 1. The van der Waals surface area contributed by atoms with Gasteiger partial charge in [-0.05, 0) is 36.2 Å². The van der Waals surface area contributed by atoms with E-state index in [4.69, 9.17) is 5.73 Å². The van der Waals surface area contributed by atoms with Gasteiger partial charge < -0.3 is 10.8 Å². The van der Waals surface area contributed by atoms with Crippen molar-refractivity contribution in [2.45, 2.75) is 18.9 Å². The third kappa shape index (κ3) is 3.57. The van der Waals surface area contributed by atoms with Crippen LogP contribution in [0.3, 0.4) is 0 Å². The van der Waals surface area contributed by atoms with E-state index in [0.717, 1.165) is 24.1 Å². The van der Waals surface area contributed by atoms with E-state index in [1.165, 1.54) is 0 Å². The van der Waals surface area contributed by atoms with E-state index in [1.54, 1.807) is 18.3 Å². The SMILES string of the molecule is NC(Cc1ccc(O)cc1)Cc1ccccn1. The van der Waals surface area contributed by atoms with Crippen LogP contribution in [0.2, 0.25) is 0 Å². The Kier molecular flexibility index (Phi) is 3.73. The average molecular weight is 228 g/mol. The van der Waals surface area contributed by atoms with Crippen LogP contribution in [0.1, 0.15) is 11.3 Å². The Morgan fingerprint density at radius 1 is 1.06 bits per heavy atom. The first-order valence-corrected chi connectivity index (χ1v) is 5.67. The standard InChI is InChI=1S/C14H16N2O/c15-12(10-13-3-1-2-8-16-13)9-11-4-6-14(17)7-5-11/h1-8,12,17H,9-10,15H2. The molecule has 1 aromatic carbocycles. The molecule has 1 unspecified atom stereocenters. The number of phenols is 1. The lowest BCUT2D eigenvalue weighted by Gasteiger charge is -2.11. The summed E-state index contributed by atoms with van der Waals surface area (Å²) in [4.78, 5) is 4.25. The summed E-state index contributed by atoms with van der Waals surface area (Å²) in [6.45, 7) is 0. The zero-order valence-electron chi connectivity index (χ0n) is 9.58. The van der Waals surface area contributed by atoms with Gasteiger partial charge in [0.15, 0.2) is 0 Å². The van der Waals surface area contributed by atoms with Gasteiger partial charge in [0.1, 0.15) is 5.75 Å². The first kappa shape index (κ1) is 11.6. The molecule has 88 valence electrons. The minimum atomic E-state index is 0.0504. The summed E-state index contributed by atoms with van der Waals surface area (Å²) >= 11 is 0. The maximum atomic E-state index is 9.18. The predicted octanol–water partition coefficient (Wildman–Crippen LogP) is 1.90. The van der Waals surface area contributed by atoms with Gasteiger partial charge in [-0.25, -0.2) is 0 Å². The lowest BCUT2D eigenvalue weighted by atomic mass is 10.0. The summed E-state index contributed by atoms with van der Waals surface area (Å²) in [7, 11) is 0. The predicted molar refractivity (Wildman–Crippen MR) is 67.7 cm³/mol. The third-order valence-electron chi connectivity index (χ3n) is 2.63. The molecule has 0 bridgehead atoms. The van der Waals surface area contributed by atoms with Gasteiger partial charge in [0.2, 0.25) is 0 Å². The molecular formula is C14H16N2O. The molecule has 3 heteroatoms. The van der Waals surface area contributed by atoms with E-state index in [1.807, 2.05) is 30.3 Å². The molecule has 0 aliphatic heterocycles. The van der Waals surface area contributed by atoms with Gasteiger partial charge in [0, 0.05) is 24.4 Å². The fourth-order valence-electron chi connectivity index (χ4n) is 1.79. The third-order valence-corrected chi connectivity index (χ3v) is 2.63. The number of hydrogen-bond donors (Lipinski definition) is 2. The minimum absolute atomic E-state index is 0.0504. The highest BCUT2D eigenvalue weighted by Crippen LogP contribution is 2.11. The molecule has 3 nitrogen and oxygen atoms in total. The molecular weight excluding hydrogens is 212 g/mol. The maximum Gasteiger partial charge on any atom is 0.115 e. The summed E-state index contributed by atoms with van der Waals surface area (Å²) in [5.41, 5.74) is 8.22. The fourth-order valence-corrected chi connectivity index (χ4v) is 1.79. The summed E-state index contributed by atoms with van der Waals surface area (Å²) in [5, 5.41) is 9.18. The van der Waals surface area contributed by atoms with Gasteiger partial charge in [-0.15, -0.1) is 0 Å². The number of phenolic OH excluding ortho intramolecular Hbond substituents is 1. The van der Waals surface area contributed by atoms with Gasteiger partial charge in [0.05, 0.1) is 0 Å². The number of aromatic hydroxyl groups is 1. The molecule has 1 aromatic heterocycles. The van der Waals surface area contributed by atoms with Crippen LogP contribution in [-0.2, 0) is 12.8 Å². The van der Waals surface area contributed by atoms with Crippen molar-refractivity contribution in [3.05, 3.63) is 59.9 Å². The molecule has 1 heterocycles. The van der Waals surface area contributed by atoms with Crippen LogP contribution >= 0.6 is 0 Å². The number of nitrogens with zero attached hydrogens (tertiary/aromatic N) is 1. The maximum absolute atomic E-state index is 9.18. The molecule has 2 rings (SSSR count). The number of pyridine rings is 1. The van der Waals surface area contributed by atoms with Crippen LogP contribution in [0.5, 0.6) is 5.75 Å². The van der Waals surface area contributed by atoms with E-state index < -0.39 is 0 Å². The van der Waals surface area contributed by atoms with Crippen LogP contribution in [0.15, 0.2) is 48.7 Å². The first-order chi connectivity index (χ1) is 8.24. The first-order valence-electron chi connectivity index (χ1n) is 5.67. The molecule has 3 N–H and O–H groups in total. The van der Waals surface area contributed by atoms with Crippen LogP contribution in [0, 0.1) is 0 Å². The van der Waals surface area contributed by atoms with Crippen molar-refractivity contribution >= 4 is 0 Å². The Morgan fingerprint density at radius 3 is 2.47 bits per heavy atom. The lowest BCUT2D eigenvalue weighted by Crippen LogP contribution is -2.25. The highest BCUT2D eigenvalue weighted by Gasteiger charge is 2.06. The molecule has 0 amide bonds. The van der Waals surface area contributed by atoms with Crippen molar-refractivity contribution in [2.75, 3.05) is 0 Å². The van der Waals surface area contributed by atoms with Gasteiger partial charge in [-0.3, -0.25) is 4.98 Å². The number of benzene rings is 1. The van der Waals surface area contributed by atoms with Crippen LogP contribution in [0.4, 0.5) is 0 Å². The normalized spacial score (nSPS) is 12.3. The highest BCUT2D eigenvalue weighted by atomic mass is 16.3. The Bertz CT molecular complexity index is 453. The van der Waals surface area contributed by atoms with Crippen molar-refractivity contribution in [3.63, 3.8) is 0 Å². The smallest absolute Gasteiger partial charge is 0.115 e. The fraction of sp³-hybridized carbons (Fsp3) is 0.214. The van der Waals surface area contributed by atoms with Crippen LogP contribution in [-0.4, -0.2) is 16.1 Å². The van der Waals surface area contributed by atoms with Crippen molar-refractivity contribution in [2.24, 2.45) is 5.73 Å². The molecule has 2 aromatic rings. The largest absolute Gasteiger partial charge is 0.508 e. The van der Waals surface area contributed by atoms with Crippen molar-refractivity contribution < 1.29 is 5.11 Å². The Hall–Kier alpha value is -1.87. The van der Waals surface area contributed by atoms with E-state index in [9.17, 15) is 5.11 Å². The van der Waals surface area contributed by atoms with Gasteiger partial charge >= 0.3 is 0 Å². The van der Waals surface area contributed by atoms with Crippen molar-refractivity contribution in [3.8, 4) is 5.75 Å². The number of hydrogen-bond acceptors (Lipinski definition) is 3. The molecule has 0 saturated heterocycles. The minimum Gasteiger partial charge on any atom is -0.508 e. The van der Waals surface area contributed by atoms with E-state index in [0.29, 0.717) is 0 Å². The molecule has 0 spiro atoms. The van der Waals surface area contributed by atoms with Gasteiger partial charge in [-0.2, -0.15) is 0 Å². The second kappa shape index (κ2) is 5.46. The summed E-state index contributed by atoms with van der Waals surface area (Å²) in [5.74, 6) is 0.284.